The molecule has 0 saturated carbocycles. The van der Waals surface area contributed by atoms with Gasteiger partial charge in [-0.3, -0.25) is 4.79 Å². The van der Waals surface area contributed by atoms with E-state index < -0.39 is 0 Å². The highest BCUT2D eigenvalue weighted by Crippen LogP contribution is 2.23. The fourth-order valence-electron chi connectivity index (χ4n) is 2.53. The highest BCUT2D eigenvalue weighted by atomic mass is 32.2. The molecule has 0 radical (unpaired) electrons. The molecule has 3 rings (SSSR count). The van der Waals surface area contributed by atoms with Gasteiger partial charge >= 0.3 is 0 Å². The number of thioether (sulfide) groups is 1. The molecule has 1 fully saturated rings. The summed E-state index contributed by atoms with van der Waals surface area (Å²) in [6, 6.07) is 1.92. The van der Waals surface area contributed by atoms with E-state index in [1.165, 1.54) is 23.1 Å². The first-order valence-electron chi connectivity index (χ1n) is 7.65. The van der Waals surface area contributed by atoms with Crippen LogP contribution in [-0.2, 0) is 9.53 Å². The molecule has 0 bridgehead atoms. The maximum atomic E-state index is 11.9. The Morgan fingerprint density at radius 3 is 2.88 bits per heavy atom. The Balaban J connectivity index is 1.58. The third-order valence-electron chi connectivity index (χ3n) is 3.40. The molecule has 3 heterocycles. The number of rotatable bonds is 5. The van der Waals surface area contributed by atoms with E-state index in [9.17, 15) is 4.79 Å². The summed E-state index contributed by atoms with van der Waals surface area (Å²) < 4.78 is 5.75. The minimum atomic E-state index is -0.0938. The van der Waals surface area contributed by atoms with Crippen molar-refractivity contribution in [3.8, 4) is 0 Å². The van der Waals surface area contributed by atoms with Gasteiger partial charge in [0, 0.05) is 30.7 Å². The summed E-state index contributed by atoms with van der Waals surface area (Å²) in [5, 5.41) is 5.97. The van der Waals surface area contributed by atoms with Crippen molar-refractivity contribution in [1.82, 2.24) is 15.0 Å². The Labute approximate surface area is 148 Å². The standard InChI is InChI=1S/C15H19N5O2S2/c1-10-6-20(7-11(2)22-10)12-5-14(18-9-17-12)24-8-13(21)19-15-16-3-4-23-15/h3-5,9-11H,6-8H2,1-2H3,(H,16,19,21). The predicted molar refractivity (Wildman–Crippen MR) is 95.7 cm³/mol. The van der Waals surface area contributed by atoms with Gasteiger partial charge in [0.25, 0.3) is 0 Å². The zero-order valence-electron chi connectivity index (χ0n) is 13.5. The molecule has 7 nitrogen and oxygen atoms in total. The zero-order chi connectivity index (χ0) is 16.9. The van der Waals surface area contributed by atoms with Gasteiger partial charge in [-0.15, -0.1) is 11.3 Å². The molecule has 1 aliphatic rings. The Hall–Kier alpha value is -1.71. The molecule has 2 aromatic heterocycles. The van der Waals surface area contributed by atoms with E-state index in [4.69, 9.17) is 4.74 Å². The molecule has 2 unspecified atom stereocenters. The first-order chi connectivity index (χ1) is 11.6. The van der Waals surface area contributed by atoms with E-state index in [-0.39, 0.29) is 23.9 Å². The van der Waals surface area contributed by atoms with Gasteiger partial charge in [-0.2, -0.15) is 0 Å². The van der Waals surface area contributed by atoms with Crippen molar-refractivity contribution in [2.45, 2.75) is 31.1 Å². The van der Waals surface area contributed by atoms with E-state index in [1.807, 2.05) is 11.4 Å². The van der Waals surface area contributed by atoms with Crippen LogP contribution >= 0.6 is 23.1 Å². The largest absolute Gasteiger partial charge is 0.372 e. The fraction of sp³-hybridized carbons (Fsp3) is 0.467. The summed E-state index contributed by atoms with van der Waals surface area (Å²) in [7, 11) is 0. The topological polar surface area (TPSA) is 80.2 Å². The van der Waals surface area contributed by atoms with Crippen LogP contribution in [0.3, 0.4) is 0 Å². The van der Waals surface area contributed by atoms with Crippen LogP contribution in [0.25, 0.3) is 0 Å². The molecule has 9 heteroatoms. The minimum Gasteiger partial charge on any atom is -0.372 e. The number of carbonyl (C=O) groups excluding carboxylic acids is 1. The molecule has 2 atom stereocenters. The van der Waals surface area contributed by atoms with Gasteiger partial charge in [0.05, 0.1) is 18.0 Å². The molecule has 1 N–H and O–H groups in total. The quantitative estimate of drug-likeness (QED) is 0.643. The van der Waals surface area contributed by atoms with Crippen LogP contribution in [0, 0.1) is 0 Å². The summed E-state index contributed by atoms with van der Waals surface area (Å²) in [4.78, 5) is 26.7. The lowest BCUT2D eigenvalue weighted by Crippen LogP contribution is -2.45. The van der Waals surface area contributed by atoms with Crippen molar-refractivity contribution in [2.75, 3.05) is 29.1 Å². The lowest BCUT2D eigenvalue weighted by atomic mass is 10.2. The third-order valence-corrected chi connectivity index (χ3v) is 5.02. The van der Waals surface area contributed by atoms with Gasteiger partial charge in [0.2, 0.25) is 5.91 Å². The first kappa shape index (κ1) is 17.1. The monoisotopic (exact) mass is 365 g/mol. The number of morpholine rings is 1. The molecule has 1 aliphatic heterocycles. The van der Waals surface area contributed by atoms with Crippen LogP contribution in [0.15, 0.2) is 29.0 Å². The van der Waals surface area contributed by atoms with Crippen LogP contribution in [0.1, 0.15) is 13.8 Å². The number of ether oxygens (including phenoxy) is 1. The summed E-state index contributed by atoms with van der Waals surface area (Å²) in [5.41, 5.74) is 0. The minimum absolute atomic E-state index is 0.0938. The van der Waals surface area contributed by atoms with Gasteiger partial charge in [-0.05, 0) is 13.8 Å². The third kappa shape index (κ3) is 4.65. The van der Waals surface area contributed by atoms with Crippen molar-refractivity contribution >= 4 is 40.0 Å². The zero-order valence-corrected chi connectivity index (χ0v) is 15.1. The summed E-state index contributed by atoms with van der Waals surface area (Å²) >= 11 is 2.78. The van der Waals surface area contributed by atoms with Crippen molar-refractivity contribution in [2.24, 2.45) is 0 Å². The van der Waals surface area contributed by atoms with Crippen molar-refractivity contribution in [3.05, 3.63) is 24.0 Å². The number of anilines is 2. The molecular weight excluding hydrogens is 346 g/mol. The van der Waals surface area contributed by atoms with E-state index in [2.05, 4.69) is 39.0 Å². The molecule has 24 heavy (non-hydrogen) atoms. The number of hydrogen-bond donors (Lipinski definition) is 1. The van der Waals surface area contributed by atoms with Crippen molar-refractivity contribution in [3.63, 3.8) is 0 Å². The molecule has 128 valence electrons. The number of aromatic nitrogens is 3. The summed E-state index contributed by atoms with van der Waals surface area (Å²) in [6.45, 7) is 5.72. The fourth-order valence-corrected chi connectivity index (χ4v) is 3.73. The van der Waals surface area contributed by atoms with Crippen molar-refractivity contribution < 1.29 is 9.53 Å². The highest BCUT2D eigenvalue weighted by molar-refractivity contribution is 7.99. The second-order valence-electron chi connectivity index (χ2n) is 5.55. The summed E-state index contributed by atoms with van der Waals surface area (Å²) in [5.74, 6) is 1.06. The second-order valence-corrected chi connectivity index (χ2v) is 7.44. The maximum absolute atomic E-state index is 11.9. The van der Waals surface area contributed by atoms with Crippen molar-refractivity contribution in [1.29, 1.82) is 0 Å². The Kier molecular flexibility index (Phi) is 5.64. The maximum Gasteiger partial charge on any atom is 0.236 e. The van der Waals surface area contributed by atoms with Crippen LogP contribution < -0.4 is 10.2 Å². The number of thiazole rings is 1. The molecule has 0 spiro atoms. The van der Waals surface area contributed by atoms with E-state index in [0.717, 1.165) is 23.9 Å². The average Bonchev–Trinajstić information content (AvgIpc) is 3.05. The highest BCUT2D eigenvalue weighted by Gasteiger charge is 2.23. The summed E-state index contributed by atoms with van der Waals surface area (Å²) in [6.07, 6.45) is 3.54. The van der Waals surface area contributed by atoms with Crippen LogP contribution in [0.5, 0.6) is 0 Å². The molecule has 0 aromatic carbocycles. The Bertz CT molecular complexity index is 672. The number of nitrogens with one attached hydrogen (secondary N) is 1. The molecule has 2 aromatic rings. The molecule has 1 amide bonds. The van der Waals surface area contributed by atoms with E-state index >= 15 is 0 Å². The number of amides is 1. The Morgan fingerprint density at radius 2 is 2.17 bits per heavy atom. The number of hydrogen-bond acceptors (Lipinski definition) is 8. The molecule has 0 aliphatic carbocycles. The van der Waals surface area contributed by atoms with E-state index in [0.29, 0.717) is 5.13 Å². The smallest absolute Gasteiger partial charge is 0.236 e. The van der Waals surface area contributed by atoms with Gasteiger partial charge in [-0.1, -0.05) is 11.8 Å². The normalized spacial score (nSPS) is 20.8. The second kappa shape index (κ2) is 7.91. The van der Waals surface area contributed by atoms with Gasteiger partial charge < -0.3 is 15.0 Å². The predicted octanol–water partition coefficient (Wildman–Crippen LogP) is 2.28. The average molecular weight is 365 g/mol. The molecular formula is C15H19N5O2S2. The van der Waals surface area contributed by atoms with Gasteiger partial charge in [-0.25, -0.2) is 15.0 Å². The van der Waals surface area contributed by atoms with Crippen LogP contribution in [-0.4, -0.2) is 51.9 Å². The lowest BCUT2D eigenvalue weighted by Gasteiger charge is -2.36. The lowest BCUT2D eigenvalue weighted by molar-refractivity contribution is -0.113. The number of nitrogens with zero attached hydrogens (tertiary/aromatic N) is 4. The van der Waals surface area contributed by atoms with E-state index in [1.54, 1.807) is 12.5 Å². The SMILES string of the molecule is CC1CN(c2cc(SCC(=O)Nc3nccs3)ncn2)CC(C)O1. The van der Waals surface area contributed by atoms with Crippen LogP contribution in [0.4, 0.5) is 10.9 Å². The number of carbonyl (C=O) groups is 1. The Morgan fingerprint density at radius 1 is 1.38 bits per heavy atom. The van der Waals surface area contributed by atoms with Gasteiger partial charge in [0.1, 0.15) is 17.2 Å². The van der Waals surface area contributed by atoms with Crippen LogP contribution in [0.2, 0.25) is 0 Å². The molecule has 1 saturated heterocycles. The van der Waals surface area contributed by atoms with Gasteiger partial charge in [0.15, 0.2) is 5.13 Å². The first-order valence-corrected chi connectivity index (χ1v) is 9.51.